The highest BCUT2D eigenvalue weighted by Crippen LogP contribution is 2.33. The molecule has 26 heavy (non-hydrogen) atoms. The first-order valence-electron chi connectivity index (χ1n) is 8.38. The maximum atomic E-state index is 13.2. The van der Waals surface area contributed by atoms with E-state index in [0.29, 0.717) is 37.8 Å². The highest BCUT2D eigenvalue weighted by Gasteiger charge is 2.37. The van der Waals surface area contributed by atoms with Gasteiger partial charge in [-0.05, 0) is 19.9 Å². The molecule has 0 amide bonds. The van der Waals surface area contributed by atoms with Gasteiger partial charge in [-0.3, -0.25) is 0 Å². The summed E-state index contributed by atoms with van der Waals surface area (Å²) in [5, 5.41) is 3.38. The number of benzene rings is 1. The largest absolute Gasteiger partial charge is 0.496 e. The zero-order valence-corrected chi connectivity index (χ0v) is 16.8. The summed E-state index contributed by atoms with van der Waals surface area (Å²) in [6.07, 6.45) is 1.62. The second kappa shape index (κ2) is 8.39. The van der Waals surface area contributed by atoms with Gasteiger partial charge >= 0.3 is 0 Å². The van der Waals surface area contributed by atoms with Gasteiger partial charge in [-0.15, -0.1) is 12.4 Å². The molecule has 1 aromatic heterocycles. The van der Waals surface area contributed by atoms with E-state index in [0.717, 1.165) is 5.56 Å². The van der Waals surface area contributed by atoms with Crippen molar-refractivity contribution in [3.05, 3.63) is 41.9 Å². The summed E-state index contributed by atoms with van der Waals surface area (Å²) in [4.78, 5) is 4.28. The summed E-state index contributed by atoms with van der Waals surface area (Å²) in [5.41, 5.74) is 0.854. The third-order valence-corrected chi connectivity index (χ3v) is 6.34. The zero-order valence-electron chi connectivity index (χ0n) is 15.2. The lowest BCUT2D eigenvalue weighted by molar-refractivity contribution is 0.264. The van der Waals surface area contributed by atoms with Crippen molar-refractivity contribution in [2.24, 2.45) is 0 Å². The van der Waals surface area contributed by atoms with Crippen molar-refractivity contribution in [2.75, 3.05) is 26.7 Å². The molecule has 1 aliphatic rings. The number of ether oxygens (including phenoxy) is 1. The van der Waals surface area contributed by atoms with E-state index in [-0.39, 0.29) is 23.5 Å². The lowest BCUT2D eigenvalue weighted by Crippen LogP contribution is -2.48. The van der Waals surface area contributed by atoms with Gasteiger partial charge in [0.1, 0.15) is 11.6 Å². The average Bonchev–Trinajstić information content (AvgIpc) is 3.03. The number of hydrogen-bond donors (Lipinski definition) is 1. The molecule has 1 aromatic carbocycles. The molecular formula is C17H25ClN4O3S. The van der Waals surface area contributed by atoms with Gasteiger partial charge < -0.3 is 14.6 Å². The molecule has 3 rings (SSSR count). The summed E-state index contributed by atoms with van der Waals surface area (Å²) in [5.74, 6) is 1.39. The van der Waals surface area contributed by atoms with E-state index in [1.807, 2.05) is 42.7 Å². The van der Waals surface area contributed by atoms with Gasteiger partial charge in [0.25, 0.3) is 10.0 Å². The third-order valence-electron chi connectivity index (χ3n) is 4.56. The van der Waals surface area contributed by atoms with Gasteiger partial charge in [0.15, 0.2) is 5.03 Å². The van der Waals surface area contributed by atoms with Crippen LogP contribution >= 0.6 is 12.4 Å². The van der Waals surface area contributed by atoms with Gasteiger partial charge in [0.2, 0.25) is 0 Å². The Labute approximate surface area is 160 Å². The van der Waals surface area contributed by atoms with E-state index in [9.17, 15) is 8.42 Å². The van der Waals surface area contributed by atoms with E-state index in [1.54, 1.807) is 13.3 Å². The van der Waals surface area contributed by atoms with Crippen molar-refractivity contribution in [3.8, 4) is 5.75 Å². The number of nitrogens with zero attached hydrogens (tertiary/aromatic N) is 3. The van der Waals surface area contributed by atoms with Crippen LogP contribution in [0.5, 0.6) is 5.75 Å². The standard InChI is InChI=1S/C17H24N4O3S.ClH/c1-4-20-12-17(19-13(20)2)25(22,23)21-10-9-18-11-15(21)14-7-5-6-8-16(14)24-3;/h5-8,12,15,18H,4,9-11H2,1-3H3;1H. The molecule has 2 aromatic rings. The Morgan fingerprint density at radius 3 is 2.73 bits per heavy atom. The van der Waals surface area contributed by atoms with Crippen LogP contribution in [0.4, 0.5) is 0 Å². The number of piperazine rings is 1. The monoisotopic (exact) mass is 400 g/mol. The van der Waals surface area contributed by atoms with Crippen LogP contribution < -0.4 is 10.1 Å². The molecule has 7 nitrogen and oxygen atoms in total. The van der Waals surface area contributed by atoms with Gasteiger partial charge in [0, 0.05) is 37.9 Å². The molecule has 1 N–H and O–H groups in total. The molecule has 0 spiro atoms. The van der Waals surface area contributed by atoms with Crippen LogP contribution in [0.3, 0.4) is 0 Å². The number of rotatable bonds is 5. The maximum Gasteiger partial charge on any atom is 0.262 e. The molecule has 1 atom stereocenters. The smallest absolute Gasteiger partial charge is 0.262 e. The fourth-order valence-electron chi connectivity index (χ4n) is 3.22. The van der Waals surface area contributed by atoms with Crippen molar-refractivity contribution < 1.29 is 13.2 Å². The van der Waals surface area contributed by atoms with E-state index >= 15 is 0 Å². The molecule has 2 heterocycles. The number of imidazole rings is 1. The first-order valence-corrected chi connectivity index (χ1v) is 9.82. The highest BCUT2D eigenvalue weighted by molar-refractivity contribution is 7.89. The van der Waals surface area contributed by atoms with Crippen LogP contribution in [0.25, 0.3) is 0 Å². The second-order valence-electron chi connectivity index (χ2n) is 5.99. The van der Waals surface area contributed by atoms with Crippen molar-refractivity contribution in [3.63, 3.8) is 0 Å². The molecule has 9 heteroatoms. The maximum absolute atomic E-state index is 13.2. The van der Waals surface area contributed by atoms with Crippen molar-refractivity contribution >= 4 is 22.4 Å². The van der Waals surface area contributed by atoms with Crippen molar-refractivity contribution in [1.82, 2.24) is 19.2 Å². The first kappa shape index (κ1) is 20.7. The molecule has 0 aliphatic carbocycles. The predicted octanol–water partition coefficient (Wildman–Crippen LogP) is 1.98. The minimum absolute atomic E-state index is 0. The number of hydrogen-bond acceptors (Lipinski definition) is 5. The van der Waals surface area contributed by atoms with E-state index in [1.165, 1.54) is 4.31 Å². The molecule has 1 unspecified atom stereocenters. The Balaban J connectivity index is 0.00000243. The van der Waals surface area contributed by atoms with Gasteiger partial charge in [-0.25, -0.2) is 13.4 Å². The average molecular weight is 401 g/mol. The van der Waals surface area contributed by atoms with Crippen molar-refractivity contribution in [2.45, 2.75) is 31.5 Å². The number of aromatic nitrogens is 2. The van der Waals surface area contributed by atoms with Crippen LogP contribution in [-0.4, -0.2) is 49.0 Å². The molecule has 1 saturated heterocycles. The second-order valence-corrected chi connectivity index (χ2v) is 7.83. The number of halogens is 1. The Hall–Kier alpha value is -1.61. The van der Waals surface area contributed by atoms with E-state index in [4.69, 9.17) is 4.74 Å². The van der Waals surface area contributed by atoms with Crippen molar-refractivity contribution in [1.29, 1.82) is 0 Å². The Bertz CT molecular complexity index is 853. The van der Waals surface area contributed by atoms with E-state index in [2.05, 4.69) is 10.3 Å². The number of methoxy groups -OCH3 is 1. The molecule has 1 aliphatic heterocycles. The van der Waals surface area contributed by atoms with Gasteiger partial charge in [-0.2, -0.15) is 4.31 Å². The van der Waals surface area contributed by atoms with Crippen LogP contribution in [0.15, 0.2) is 35.5 Å². The number of nitrogens with one attached hydrogen (secondary N) is 1. The van der Waals surface area contributed by atoms with Crippen LogP contribution in [0, 0.1) is 6.92 Å². The Morgan fingerprint density at radius 1 is 1.35 bits per heavy atom. The highest BCUT2D eigenvalue weighted by atomic mass is 35.5. The van der Waals surface area contributed by atoms with Crippen LogP contribution in [0.2, 0.25) is 0 Å². The number of sulfonamides is 1. The minimum Gasteiger partial charge on any atom is -0.496 e. The summed E-state index contributed by atoms with van der Waals surface area (Å²) in [6, 6.07) is 7.21. The topological polar surface area (TPSA) is 76.5 Å². The molecule has 0 saturated carbocycles. The normalized spacial score (nSPS) is 18.3. The van der Waals surface area contributed by atoms with Crippen LogP contribution in [-0.2, 0) is 16.6 Å². The fourth-order valence-corrected chi connectivity index (χ4v) is 4.83. The zero-order chi connectivity index (χ0) is 18.0. The summed E-state index contributed by atoms with van der Waals surface area (Å²) >= 11 is 0. The summed E-state index contributed by atoms with van der Waals surface area (Å²) in [7, 11) is -2.09. The third kappa shape index (κ3) is 3.73. The molecular weight excluding hydrogens is 376 g/mol. The SMILES string of the molecule is CCn1cc(S(=O)(=O)N2CCNCC2c2ccccc2OC)nc1C.Cl. The van der Waals surface area contributed by atoms with E-state index < -0.39 is 10.0 Å². The lowest BCUT2D eigenvalue weighted by atomic mass is 10.0. The predicted molar refractivity (Wildman–Crippen MR) is 102 cm³/mol. The number of aryl methyl sites for hydroxylation is 2. The molecule has 144 valence electrons. The fraction of sp³-hybridized carbons (Fsp3) is 0.471. The Kier molecular flexibility index (Phi) is 6.68. The lowest BCUT2D eigenvalue weighted by Gasteiger charge is -2.35. The first-order chi connectivity index (χ1) is 12.0. The summed E-state index contributed by atoms with van der Waals surface area (Å²) < 4.78 is 35.3. The molecule has 0 radical (unpaired) electrons. The van der Waals surface area contributed by atoms with Gasteiger partial charge in [0.05, 0.1) is 13.2 Å². The Morgan fingerprint density at radius 2 is 2.08 bits per heavy atom. The molecule has 0 bridgehead atoms. The van der Waals surface area contributed by atoms with Crippen LogP contribution in [0.1, 0.15) is 24.4 Å². The van der Waals surface area contributed by atoms with Gasteiger partial charge in [-0.1, -0.05) is 18.2 Å². The summed E-state index contributed by atoms with van der Waals surface area (Å²) in [6.45, 7) is 6.01. The minimum atomic E-state index is -3.69. The molecule has 1 fully saturated rings. The quantitative estimate of drug-likeness (QED) is 0.830. The number of para-hydroxylation sites is 1.